The number of likely N-dealkylation sites (N-methyl/N-ethyl adjacent to an activating group) is 2. The molecule has 25 heteroatoms. The van der Waals surface area contributed by atoms with Crippen LogP contribution in [0.5, 0.6) is 0 Å². The van der Waals surface area contributed by atoms with Gasteiger partial charge < -0.3 is 56.9 Å². The Morgan fingerprint density at radius 3 is 2.13 bits per heavy atom. The maximum absolute atomic E-state index is 14.9. The lowest BCUT2D eigenvalue weighted by Gasteiger charge is -2.44. The molecular weight excluding hydrogens is 1190 g/mol. The number of hydrogen-bond donors (Lipinski definition) is 8. The number of likely N-dealkylation sites (tertiary alicyclic amines) is 1. The Morgan fingerprint density at radius 2 is 1.52 bits per heavy atom. The number of quaternary nitrogens is 1. The van der Waals surface area contributed by atoms with Gasteiger partial charge >= 0.3 is 18.0 Å². The van der Waals surface area contributed by atoms with E-state index in [2.05, 4.69) is 36.9 Å². The fourth-order valence-corrected chi connectivity index (χ4v) is 13.1. The minimum absolute atomic E-state index is 0.0771. The van der Waals surface area contributed by atoms with Gasteiger partial charge in [-0.05, 0) is 100 Å². The molecule has 0 radical (unpaired) electrons. The number of primary amides is 1. The van der Waals surface area contributed by atoms with Crippen molar-refractivity contribution in [3.63, 3.8) is 0 Å². The third-order valence-corrected chi connectivity index (χ3v) is 19.0. The van der Waals surface area contributed by atoms with Crippen LogP contribution in [0, 0.1) is 23.2 Å². The predicted octanol–water partition coefficient (Wildman–Crippen LogP) is 6.06. The lowest BCUT2D eigenvalue weighted by molar-refractivity contribution is -0.942. The number of piperidine rings is 1. The summed E-state index contributed by atoms with van der Waals surface area (Å²) in [7, 11) is 3.72. The zero-order chi connectivity index (χ0) is 66.6. The highest BCUT2D eigenvalue weighted by Gasteiger charge is 2.51. The van der Waals surface area contributed by atoms with Gasteiger partial charge in [0.05, 0.1) is 19.5 Å². The number of urea groups is 1. The van der Waals surface area contributed by atoms with Crippen LogP contribution in [-0.4, -0.2) is 160 Å². The normalized spacial score (nSPS) is 19.1. The number of nitrogens with zero attached hydrogens (tertiary/aromatic N) is 4. The van der Waals surface area contributed by atoms with Crippen molar-refractivity contribution in [1.82, 2.24) is 41.4 Å². The summed E-state index contributed by atoms with van der Waals surface area (Å²) in [6.07, 6.45) is 8.45. The van der Waals surface area contributed by atoms with E-state index < -0.39 is 89.2 Å². The number of esters is 1. The van der Waals surface area contributed by atoms with E-state index in [-0.39, 0.29) is 86.5 Å². The standard InChI is InChI=1S/C66H93N11O13S/c1-9-42(4)56(61(84)75(7)51(41(2)3)38-53(90-44(6)78)60-72-50(40-91-60)58(82)71-48(36-43(5)62(85)86)37-45-20-12-10-13-21-45)74-59(83)52-23-14-17-35-77(52,8)39-46-24-26-47(27-25-46)70-57(81)49(22-18-33-69-65(67)89)73-64(88)66(30-19-31-66)63(87)68-32-15-11-16-34-76-54(79)28-29-55(76)80/h10,12-13,20-21,24-29,40-43,48-49,51-53,56H,9,11,14-19,22-23,30-39H2,1-8H3,(H8-,67,68,69,70,71,73,74,81,82,83,85,86,87,88,89)/p+1. The number of nitrogens with one attached hydrogen (secondary N) is 6. The number of carboxylic acid groups (broad SMARTS) is 1. The lowest BCUT2D eigenvalue weighted by Crippen LogP contribution is -2.63. The van der Waals surface area contributed by atoms with Crippen molar-refractivity contribution in [2.45, 2.75) is 181 Å². The first-order chi connectivity index (χ1) is 43.2. The molecule has 9 atom stereocenters. The molecule has 24 nitrogen and oxygen atoms in total. The Bertz CT molecular complexity index is 3060. The molecule has 91 heavy (non-hydrogen) atoms. The number of hydrogen-bond acceptors (Lipinski definition) is 14. The molecule has 3 heterocycles. The van der Waals surface area contributed by atoms with Crippen molar-refractivity contribution < 1.29 is 67.1 Å². The molecule has 3 aliphatic rings. The zero-order valence-electron chi connectivity index (χ0n) is 53.9. The number of anilines is 1. The fourth-order valence-electron chi connectivity index (χ4n) is 12.2. The van der Waals surface area contributed by atoms with Crippen molar-refractivity contribution in [2.75, 3.05) is 45.6 Å². The second-order valence-electron chi connectivity index (χ2n) is 25.3. The van der Waals surface area contributed by atoms with Gasteiger partial charge in [0, 0.05) is 87.3 Å². The Morgan fingerprint density at radius 1 is 0.835 bits per heavy atom. The van der Waals surface area contributed by atoms with E-state index in [9.17, 15) is 57.8 Å². The first kappa shape index (κ1) is 72.0. The molecule has 1 aliphatic carbocycles. The number of amides is 10. The van der Waals surface area contributed by atoms with E-state index in [1.54, 1.807) is 36.4 Å². The molecule has 1 saturated carbocycles. The van der Waals surface area contributed by atoms with E-state index in [0.717, 1.165) is 35.3 Å². The molecule has 9 unspecified atom stereocenters. The maximum Gasteiger partial charge on any atom is 0.312 e. The van der Waals surface area contributed by atoms with Crippen LogP contribution < -0.4 is 37.6 Å². The van der Waals surface area contributed by atoms with Gasteiger partial charge in [-0.3, -0.25) is 52.8 Å². The second kappa shape index (κ2) is 33.8. The van der Waals surface area contributed by atoms with Crippen LogP contribution in [0.2, 0.25) is 0 Å². The number of benzene rings is 2. The summed E-state index contributed by atoms with van der Waals surface area (Å²) in [6.45, 7) is 12.5. The van der Waals surface area contributed by atoms with E-state index in [1.807, 2.05) is 77.2 Å². The quantitative estimate of drug-likeness (QED) is 0.0109. The number of unbranched alkanes of at least 4 members (excludes halogenated alkanes) is 2. The van der Waals surface area contributed by atoms with E-state index >= 15 is 0 Å². The van der Waals surface area contributed by atoms with Gasteiger partial charge in [-0.2, -0.15) is 0 Å². The molecule has 2 aromatic carbocycles. The number of carbonyl (C=O) groups excluding carboxylic acids is 10. The highest BCUT2D eigenvalue weighted by Crippen LogP contribution is 2.42. The highest BCUT2D eigenvalue weighted by molar-refractivity contribution is 7.09. The monoisotopic (exact) mass is 1280 g/mol. The van der Waals surface area contributed by atoms with Gasteiger partial charge in [0.25, 0.3) is 23.6 Å². The van der Waals surface area contributed by atoms with E-state index in [1.165, 1.54) is 24.0 Å². The van der Waals surface area contributed by atoms with Crippen LogP contribution in [0.25, 0.3) is 0 Å². The fraction of sp³-hybridized carbons (Fsp3) is 0.576. The number of carbonyl (C=O) groups is 11. The number of carboxylic acids is 1. The number of aromatic nitrogens is 1. The van der Waals surface area contributed by atoms with Crippen LogP contribution >= 0.6 is 11.3 Å². The van der Waals surface area contributed by atoms with E-state index in [4.69, 9.17) is 10.5 Å². The van der Waals surface area contributed by atoms with Crippen molar-refractivity contribution in [2.24, 2.45) is 28.9 Å². The maximum atomic E-state index is 14.9. The van der Waals surface area contributed by atoms with Gasteiger partial charge in [0.15, 0.2) is 12.1 Å². The molecule has 2 fully saturated rings. The topological polar surface area (TPSA) is 335 Å². The Hall–Kier alpha value is -8.06. The number of nitrogens with two attached hydrogens (primary N) is 1. The van der Waals surface area contributed by atoms with Crippen molar-refractivity contribution in [1.29, 1.82) is 0 Å². The minimum Gasteiger partial charge on any atom is -0.481 e. The van der Waals surface area contributed by atoms with Crippen LogP contribution in [0.15, 0.2) is 72.1 Å². The minimum atomic E-state index is -1.37. The predicted molar refractivity (Wildman–Crippen MR) is 342 cm³/mol. The molecule has 2 aliphatic heterocycles. The SMILES string of the molecule is CCC(C)C(NC(=O)C1CCCC[N+]1(C)Cc1ccc(NC(=O)C(CCCNC(N)=O)NC(=O)C2(C(=O)NCCCCCN3C(=O)C=CC3=O)CCC2)cc1)C(=O)N(C)C(CC(OC(C)=O)c1nc(C(=O)NC(Cc2ccccc2)CC(C)C(=O)O)cs1)C(C)C. The third-order valence-electron chi connectivity index (χ3n) is 18.0. The molecule has 3 aromatic rings. The summed E-state index contributed by atoms with van der Waals surface area (Å²) in [6, 6.07) is 12.4. The first-order valence-electron chi connectivity index (χ1n) is 31.9. The third kappa shape index (κ3) is 20.2. The van der Waals surface area contributed by atoms with Crippen LogP contribution in [0.3, 0.4) is 0 Å². The summed E-state index contributed by atoms with van der Waals surface area (Å²) in [5.41, 5.74) is 6.24. The van der Waals surface area contributed by atoms with Crippen LogP contribution in [-0.2, 0) is 60.9 Å². The number of thiazole rings is 1. The molecule has 1 saturated heterocycles. The molecule has 1 aromatic heterocycles. The van der Waals surface area contributed by atoms with Crippen molar-refractivity contribution in [3.8, 4) is 0 Å². The largest absolute Gasteiger partial charge is 0.481 e. The molecule has 10 amide bonds. The summed E-state index contributed by atoms with van der Waals surface area (Å²) < 4.78 is 6.22. The Labute approximate surface area is 537 Å². The van der Waals surface area contributed by atoms with Crippen LogP contribution in [0.1, 0.15) is 164 Å². The summed E-state index contributed by atoms with van der Waals surface area (Å²) in [5, 5.41) is 28.9. The number of imide groups is 1. The molecule has 496 valence electrons. The highest BCUT2D eigenvalue weighted by atomic mass is 32.1. The number of rotatable bonds is 35. The zero-order valence-corrected chi connectivity index (χ0v) is 54.7. The molecule has 6 rings (SSSR count). The molecule has 0 bridgehead atoms. The van der Waals surface area contributed by atoms with E-state index in [0.29, 0.717) is 86.1 Å². The van der Waals surface area contributed by atoms with Crippen molar-refractivity contribution >= 4 is 82.3 Å². The number of aliphatic carboxylic acids is 1. The molecule has 9 N–H and O–H groups in total. The lowest BCUT2D eigenvalue weighted by atomic mass is 9.67. The summed E-state index contributed by atoms with van der Waals surface area (Å²) >= 11 is 1.14. The van der Waals surface area contributed by atoms with Crippen LogP contribution in [0.4, 0.5) is 10.5 Å². The first-order valence-corrected chi connectivity index (χ1v) is 32.8. The summed E-state index contributed by atoms with van der Waals surface area (Å²) in [4.78, 5) is 152. The smallest absolute Gasteiger partial charge is 0.312 e. The van der Waals surface area contributed by atoms with Gasteiger partial charge in [-0.1, -0.05) is 89.9 Å². The van der Waals surface area contributed by atoms with Crippen molar-refractivity contribution in [3.05, 3.63) is 94.0 Å². The number of ether oxygens (including phenoxy) is 1. The summed E-state index contributed by atoms with van der Waals surface area (Å²) in [5.74, 6) is -6.05. The average molecular weight is 1280 g/mol. The van der Waals surface area contributed by atoms with Gasteiger partial charge in [0.2, 0.25) is 23.6 Å². The Balaban J connectivity index is 1.09. The van der Waals surface area contributed by atoms with Gasteiger partial charge in [-0.25, -0.2) is 9.78 Å². The average Bonchev–Trinajstić information content (AvgIpc) is 1.30. The Kier molecular flexibility index (Phi) is 26.8. The molecular formula is C66H94N11O13S+. The van der Waals surface area contributed by atoms with Gasteiger partial charge in [-0.15, -0.1) is 11.3 Å². The second-order valence-corrected chi connectivity index (χ2v) is 26.2. The van der Waals surface area contributed by atoms with Gasteiger partial charge in [0.1, 0.15) is 34.7 Å². The molecule has 0 spiro atoms.